The van der Waals surface area contributed by atoms with Crippen LogP contribution in [-0.4, -0.2) is 23.0 Å². The molecule has 1 aliphatic carbocycles. The Morgan fingerprint density at radius 3 is 2.26 bits per heavy atom. The van der Waals surface area contributed by atoms with Gasteiger partial charge in [0.15, 0.2) is 0 Å². The van der Waals surface area contributed by atoms with Gasteiger partial charge in [0.2, 0.25) is 0 Å². The molecule has 0 bridgehead atoms. The van der Waals surface area contributed by atoms with Gasteiger partial charge in [-0.3, -0.25) is 4.79 Å². The van der Waals surface area contributed by atoms with E-state index in [1.807, 2.05) is 44.2 Å². The van der Waals surface area contributed by atoms with Gasteiger partial charge in [-0.05, 0) is 63.1 Å². The van der Waals surface area contributed by atoms with Crippen LogP contribution in [0.4, 0.5) is 11.4 Å². The molecular weight excluding hydrogens is 338 g/mol. The van der Waals surface area contributed by atoms with Crippen LogP contribution in [0.15, 0.2) is 42.6 Å². The third kappa shape index (κ3) is 5.98. The van der Waals surface area contributed by atoms with Crippen LogP contribution in [-0.2, 0) is 0 Å². The molecule has 144 valence electrons. The normalized spacial score (nSPS) is 15.2. The van der Waals surface area contributed by atoms with E-state index in [4.69, 9.17) is 4.74 Å². The van der Waals surface area contributed by atoms with E-state index in [2.05, 4.69) is 15.6 Å². The first-order chi connectivity index (χ1) is 13.1. The molecule has 0 saturated heterocycles. The first-order valence-corrected chi connectivity index (χ1v) is 9.91. The Hall–Kier alpha value is -2.56. The lowest BCUT2D eigenvalue weighted by Gasteiger charge is -2.17. The largest absolute Gasteiger partial charge is 0.491 e. The zero-order valence-electron chi connectivity index (χ0n) is 16.2. The second-order valence-electron chi connectivity index (χ2n) is 7.41. The lowest BCUT2D eigenvalue weighted by molar-refractivity contribution is 0.102. The number of anilines is 2. The minimum absolute atomic E-state index is 0.125. The predicted octanol–water partition coefficient (Wildman–Crippen LogP) is 5.26. The van der Waals surface area contributed by atoms with Crippen molar-refractivity contribution in [1.29, 1.82) is 0 Å². The highest BCUT2D eigenvalue weighted by molar-refractivity contribution is 6.02. The van der Waals surface area contributed by atoms with Gasteiger partial charge in [-0.15, -0.1) is 0 Å². The van der Waals surface area contributed by atoms with Crippen molar-refractivity contribution in [3.63, 3.8) is 0 Å². The molecule has 5 heteroatoms. The maximum atomic E-state index is 12.4. The maximum Gasteiger partial charge on any atom is 0.274 e. The van der Waals surface area contributed by atoms with E-state index in [0.29, 0.717) is 11.7 Å². The van der Waals surface area contributed by atoms with Gasteiger partial charge >= 0.3 is 0 Å². The molecule has 2 N–H and O–H groups in total. The summed E-state index contributed by atoms with van der Waals surface area (Å²) in [4.78, 5) is 16.7. The summed E-state index contributed by atoms with van der Waals surface area (Å²) < 4.78 is 5.61. The van der Waals surface area contributed by atoms with E-state index >= 15 is 0 Å². The van der Waals surface area contributed by atoms with E-state index in [-0.39, 0.29) is 12.0 Å². The number of aromatic nitrogens is 1. The maximum absolute atomic E-state index is 12.4. The number of amides is 1. The summed E-state index contributed by atoms with van der Waals surface area (Å²) in [5.74, 6) is 0.573. The zero-order chi connectivity index (χ0) is 19.1. The van der Waals surface area contributed by atoms with Crippen LogP contribution in [0, 0.1) is 0 Å². The fourth-order valence-corrected chi connectivity index (χ4v) is 3.36. The summed E-state index contributed by atoms with van der Waals surface area (Å²) in [6.07, 6.45) is 9.52. The molecule has 1 saturated carbocycles. The topological polar surface area (TPSA) is 63.2 Å². The number of carbonyl (C=O) groups is 1. The summed E-state index contributed by atoms with van der Waals surface area (Å²) in [7, 11) is 0. The van der Waals surface area contributed by atoms with E-state index in [1.165, 1.54) is 38.5 Å². The molecule has 1 aromatic heterocycles. The highest BCUT2D eigenvalue weighted by Crippen LogP contribution is 2.21. The van der Waals surface area contributed by atoms with Gasteiger partial charge in [-0.2, -0.15) is 0 Å². The van der Waals surface area contributed by atoms with Crippen LogP contribution < -0.4 is 15.4 Å². The highest BCUT2D eigenvalue weighted by Gasteiger charge is 2.13. The van der Waals surface area contributed by atoms with Crippen molar-refractivity contribution in [1.82, 2.24) is 4.98 Å². The Morgan fingerprint density at radius 1 is 1.00 bits per heavy atom. The molecule has 5 nitrogen and oxygen atoms in total. The summed E-state index contributed by atoms with van der Waals surface area (Å²) in [5.41, 5.74) is 2.11. The summed E-state index contributed by atoms with van der Waals surface area (Å²) >= 11 is 0. The standard InChI is InChI=1S/C22H29N3O2/c1-16(2)27-20-12-9-18(10-13-20)25-22(26)21-14-11-19(15-23-21)24-17-7-5-3-4-6-8-17/h9-17,24H,3-8H2,1-2H3,(H,25,26). The summed E-state index contributed by atoms with van der Waals surface area (Å²) in [6, 6.07) is 11.6. The lowest BCUT2D eigenvalue weighted by Crippen LogP contribution is -2.19. The zero-order valence-corrected chi connectivity index (χ0v) is 16.2. The Labute approximate surface area is 161 Å². The molecular formula is C22H29N3O2. The fourth-order valence-electron chi connectivity index (χ4n) is 3.36. The fraction of sp³-hybridized carbons (Fsp3) is 0.455. The van der Waals surface area contributed by atoms with Gasteiger partial charge in [0.1, 0.15) is 11.4 Å². The van der Waals surface area contributed by atoms with Crippen LogP contribution in [0.3, 0.4) is 0 Å². The van der Waals surface area contributed by atoms with Crippen molar-refractivity contribution in [2.75, 3.05) is 10.6 Å². The molecule has 0 aliphatic heterocycles. The van der Waals surface area contributed by atoms with Crippen molar-refractivity contribution in [2.45, 2.75) is 64.5 Å². The molecule has 1 aliphatic rings. The molecule has 0 spiro atoms. The molecule has 1 aromatic carbocycles. The van der Waals surface area contributed by atoms with Gasteiger partial charge < -0.3 is 15.4 Å². The number of nitrogens with one attached hydrogen (secondary N) is 2. The van der Waals surface area contributed by atoms with Crippen LogP contribution in [0.25, 0.3) is 0 Å². The van der Waals surface area contributed by atoms with E-state index < -0.39 is 0 Å². The molecule has 0 unspecified atom stereocenters. The van der Waals surface area contributed by atoms with Crippen molar-refractivity contribution in [3.05, 3.63) is 48.3 Å². The smallest absolute Gasteiger partial charge is 0.274 e. The predicted molar refractivity (Wildman–Crippen MR) is 110 cm³/mol. The Morgan fingerprint density at radius 2 is 1.67 bits per heavy atom. The van der Waals surface area contributed by atoms with Gasteiger partial charge in [0.05, 0.1) is 18.0 Å². The molecule has 2 aromatic rings. The number of hydrogen-bond donors (Lipinski definition) is 2. The second kappa shape index (κ2) is 9.40. The third-order valence-corrected chi connectivity index (χ3v) is 4.71. The number of carbonyl (C=O) groups excluding carboxylic acids is 1. The van der Waals surface area contributed by atoms with Crippen LogP contribution in [0.2, 0.25) is 0 Å². The molecule has 0 radical (unpaired) electrons. The van der Waals surface area contributed by atoms with Crippen molar-refractivity contribution in [3.8, 4) is 5.75 Å². The highest BCUT2D eigenvalue weighted by atomic mass is 16.5. The van der Waals surface area contributed by atoms with Gasteiger partial charge in [0, 0.05) is 11.7 Å². The lowest BCUT2D eigenvalue weighted by atomic mass is 10.1. The molecule has 1 amide bonds. The number of pyridine rings is 1. The van der Waals surface area contributed by atoms with Crippen molar-refractivity contribution >= 4 is 17.3 Å². The molecule has 1 fully saturated rings. The van der Waals surface area contributed by atoms with Gasteiger partial charge in [-0.25, -0.2) is 4.98 Å². The Bertz CT molecular complexity index is 718. The van der Waals surface area contributed by atoms with Crippen molar-refractivity contribution in [2.24, 2.45) is 0 Å². The molecule has 3 rings (SSSR count). The quantitative estimate of drug-likeness (QED) is 0.684. The summed E-state index contributed by atoms with van der Waals surface area (Å²) in [6.45, 7) is 3.96. The number of rotatable bonds is 6. The van der Waals surface area contributed by atoms with Gasteiger partial charge in [0.25, 0.3) is 5.91 Å². The Balaban J connectivity index is 1.55. The molecule has 27 heavy (non-hydrogen) atoms. The Kier molecular flexibility index (Phi) is 6.69. The van der Waals surface area contributed by atoms with Crippen molar-refractivity contribution < 1.29 is 9.53 Å². The third-order valence-electron chi connectivity index (χ3n) is 4.71. The van der Waals surface area contributed by atoms with E-state index in [0.717, 1.165) is 17.1 Å². The first kappa shape index (κ1) is 19.2. The first-order valence-electron chi connectivity index (χ1n) is 9.91. The number of benzene rings is 1. The molecule has 1 heterocycles. The second-order valence-corrected chi connectivity index (χ2v) is 7.41. The number of nitrogens with zero attached hydrogens (tertiary/aromatic N) is 1. The number of ether oxygens (including phenoxy) is 1. The summed E-state index contributed by atoms with van der Waals surface area (Å²) in [5, 5.41) is 6.42. The SMILES string of the molecule is CC(C)Oc1ccc(NC(=O)c2ccc(NC3CCCCCC3)cn2)cc1. The van der Waals surface area contributed by atoms with Crippen LogP contribution >= 0.6 is 0 Å². The molecule has 0 atom stereocenters. The minimum atomic E-state index is -0.214. The average molecular weight is 367 g/mol. The van der Waals surface area contributed by atoms with E-state index in [1.54, 1.807) is 12.3 Å². The minimum Gasteiger partial charge on any atom is -0.491 e. The van der Waals surface area contributed by atoms with E-state index in [9.17, 15) is 4.79 Å². The average Bonchev–Trinajstić information content (AvgIpc) is 2.92. The monoisotopic (exact) mass is 367 g/mol. The van der Waals surface area contributed by atoms with Gasteiger partial charge in [-0.1, -0.05) is 25.7 Å². The van der Waals surface area contributed by atoms with Crippen LogP contribution in [0.5, 0.6) is 5.75 Å². The van der Waals surface area contributed by atoms with Crippen LogP contribution in [0.1, 0.15) is 62.9 Å². The number of hydrogen-bond acceptors (Lipinski definition) is 4.